The summed E-state index contributed by atoms with van der Waals surface area (Å²) in [6, 6.07) is 3.67. The number of benzene rings is 1. The van der Waals surface area contributed by atoms with Crippen molar-refractivity contribution in [3.05, 3.63) is 17.7 Å². The third-order valence-corrected chi connectivity index (χ3v) is 3.63. The van der Waals surface area contributed by atoms with Gasteiger partial charge in [-0.3, -0.25) is 14.4 Å². The Morgan fingerprint density at radius 3 is 2.52 bits per heavy atom. The van der Waals surface area contributed by atoms with Gasteiger partial charge in [-0.15, -0.1) is 0 Å². The van der Waals surface area contributed by atoms with Crippen molar-refractivity contribution in [1.29, 1.82) is 0 Å². The molecule has 0 saturated heterocycles. The van der Waals surface area contributed by atoms with Crippen LogP contribution >= 0.6 is 11.3 Å². The number of hydrogen-bond donors (Lipinski definition) is 2. The summed E-state index contributed by atoms with van der Waals surface area (Å²) in [6.07, 6.45) is -0.161. The van der Waals surface area contributed by atoms with Crippen molar-refractivity contribution >= 4 is 50.0 Å². The Hall–Kier alpha value is -2.28. The molecule has 2 amide bonds. The molecule has 0 atom stereocenters. The lowest BCUT2D eigenvalue weighted by molar-refractivity contribution is -0.124. The highest BCUT2D eigenvalue weighted by atomic mass is 32.1. The van der Waals surface area contributed by atoms with Crippen molar-refractivity contribution in [3.63, 3.8) is 0 Å². The van der Waals surface area contributed by atoms with Crippen LogP contribution in [0.15, 0.2) is 12.1 Å². The molecule has 0 unspecified atom stereocenters. The SMILES string of the molecule is CC(=O)CC(=O)Nc1nc2cc(NC(C)=O)c(C)cc2s1. The first-order valence-corrected chi connectivity index (χ1v) is 7.15. The number of aromatic nitrogens is 1. The van der Waals surface area contributed by atoms with Crippen molar-refractivity contribution in [2.75, 3.05) is 10.6 Å². The van der Waals surface area contributed by atoms with Gasteiger partial charge in [0, 0.05) is 12.6 Å². The van der Waals surface area contributed by atoms with Crippen LogP contribution in [0.2, 0.25) is 0 Å². The van der Waals surface area contributed by atoms with E-state index in [2.05, 4.69) is 15.6 Å². The zero-order valence-corrected chi connectivity index (χ0v) is 12.8. The molecule has 0 spiro atoms. The second-order valence-corrected chi connectivity index (χ2v) is 5.79. The van der Waals surface area contributed by atoms with Crippen molar-refractivity contribution < 1.29 is 14.4 Å². The number of fused-ring (bicyclic) bond motifs is 1. The van der Waals surface area contributed by atoms with Gasteiger partial charge in [-0.05, 0) is 31.5 Å². The highest BCUT2D eigenvalue weighted by Gasteiger charge is 2.11. The average molecular weight is 305 g/mol. The number of aryl methyl sites for hydroxylation is 1. The summed E-state index contributed by atoms with van der Waals surface area (Å²) in [6.45, 7) is 4.69. The predicted molar refractivity (Wildman–Crippen MR) is 82.6 cm³/mol. The second kappa shape index (κ2) is 6.01. The van der Waals surface area contributed by atoms with E-state index >= 15 is 0 Å². The molecule has 1 aromatic carbocycles. The van der Waals surface area contributed by atoms with Gasteiger partial charge in [-0.1, -0.05) is 11.3 Å². The number of amides is 2. The number of carbonyl (C=O) groups excluding carboxylic acids is 3. The fourth-order valence-corrected chi connectivity index (χ4v) is 2.80. The van der Waals surface area contributed by atoms with E-state index in [4.69, 9.17) is 0 Å². The lowest BCUT2D eigenvalue weighted by atomic mass is 10.2. The van der Waals surface area contributed by atoms with Crippen LogP contribution in [-0.2, 0) is 14.4 Å². The van der Waals surface area contributed by atoms with E-state index in [9.17, 15) is 14.4 Å². The zero-order valence-electron chi connectivity index (χ0n) is 11.9. The van der Waals surface area contributed by atoms with E-state index in [1.54, 1.807) is 6.07 Å². The average Bonchev–Trinajstić information content (AvgIpc) is 2.68. The maximum absolute atomic E-state index is 11.6. The van der Waals surface area contributed by atoms with E-state index < -0.39 is 0 Å². The summed E-state index contributed by atoms with van der Waals surface area (Å²) in [7, 11) is 0. The molecule has 21 heavy (non-hydrogen) atoms. The lowest BCUT2D eigenvalue weighted by Crippen LogP contribution is -2.14. The number of hydrogen-bond acceptors (Lipinski definition) is 5. The van der Waals surface area contributed by atoms with E-state index in [0.717, 1.165) is 10.3 Å². The first-order valence-electron chi connectivity index (χ1n) is 6.33. The van der Waals surface area contributed by atoms with E-state index in [1.165, 1.54) is 25.2 Å². The number of ketones is 1. The molecule has 1 heterocycles. The maximum Gasteiger partial charge on any atom is 0.233 e. The van der Waals surface area contributed by atoms with Crippen molar-refractivity contribution in [2.45, 2.75) is 27.2 Å². The van der Waals surface area contributed by atoms with E-state index in [0.29, 0.717) is 16.3 Å². The quantitative estimate of drug-likeness (QED) is 0.849. The number of nitrogens with zero attached hydrogens (tertiary/aromatic N) is 1. The predicted octanol–water partition coefficient (Wildman–Crippen LogP) is 2.48. The minimum atomic E-state index is -0.375. The third kappa shape index (κ3) is 3.85. The Balaban J connectivity index is 2.27. The van der Waals surface area contributed by atoms with Gasteiger partial charge >= 0.3 is 0 Å². The van der Waals surface area contributed by atoms with E-state index in [-0.39, 0.29) is 24.0 Å². The molecule has 7 heteroatoms. The molecule has 0 saturated carbocycles. The monoisotopic (exact) mass is 305 g/mol. The van der Waals surface area contributed by atoms with Gasteiger partial charge in [-0.25, -0.2) is 4.98 Å². The minimum absolute atomic E-state index is 0.150. The molecule has 2 rings (SSSR count). The first kappa shape index (κ1) is 15.1. The molecule has 0 aliphatic rings. The lowest BCUT2D eigenvalue weighted by Gasteiger charge is -2.05. The fraction of sp³-hybridized carbons (Fsp3) is 0.286. The minimum Gasteiger partial charge on any atom is -0.326 e. The van der Waals surface area contributed by atoms with Crippen molar-refractivity contribution in [3.8, 4) is 0 Å². The summed E-state index contributed by atoms with van der Waals surface area (Å²) < 4.78 is 0.903. The number of thiazole rings is 1. The summed E-state index contributed by atoms with van der Waals surface area (Å²) >= 11 is 1.33. The standard InChI is InChI=1S/C14H15N3O3S/c1-7-4-12-11(6-10(7)15-9(3)19)16-14(21-12)17-13(20)5-8(2)18/h4,6H,5H2,1-3H3,(H,15,19)(H,16,17,20). The van der Waals surface area contributed by atoms with Crippen LogP contribution in [0.25, 0.3) is 10.2 Å². The smallest absolute Gasteiger partial charge is 0.233 e. The molecular weight excluding hydrogens is 290 g/mol. The number of anilines is 2. The molecule has 2 aromatic rings. The first-order chi connectivity index (χ1) is 9.85. The molecule has 0 radical (unpaired) electrons. The van der Waals surface area contributed by atoms with Gasteiger partial charge < -0.3 is 10.6 Å². The van der Waals surface area contributed by atoms with Crippen LogP contribution in [0.5, 0.6) is 0 Å². The zero-order chi connectivity index (χ0) is 15.6. The molecule has 2 N–H and O–H groups in total. The number of carbonyl (C=O) groups is 3. The Bertz CT molecular complexity index is 736. The molecule has 0 bridgehead atoms. The van der Waals surface area contributed by atoms with Crippen molar-refractivity contribution in [1.82, 2.24) is 4.98 Å². The topological polar surface area (TPSA) is 88.2 Å². The van der Waals surface area contributed by atoms with E-state index in [1.807, 2.05) is 13.0 Å². The van der Waals surface area contributed by atoms with Gasteiger partial charge in [0.05, 0.1) is 16.6 Å². The Labute approximate surface area is 125 Å². The van der Waals surface area contributed by atoms with Crippen LogP contribution in [0.1, 0.15) is 25.8 Å². The molecule has 1 aromatic heterocycles. The van der Waals surface area contributed by atoms with Gasteiger partial charge in [0.25, 0.3) is 0 Å². The number of rotatable bonds is 4. The van der Waals surface area contributed by atoms with Crippen LogP contribution in [0, 0.1) is 6.92 Å². The molecule has 110 valence electrons. The summed E-state index contributed by atoms with van der Waals surface area (Å²) in [5, 5.41) is 5.78. The Kier molecular flexibility index (Phi) is 4.32. The highest BCUT2D eigenvalue weighted by Crippen LogP contribution is 2.30. The Morgan fingerprint density at radius 2 is 1.90 bits per heavy atom. The van der Waals surface area contributed by atoms with Crippen LogP contribution < -0.4 is 10.6 Å². The maximum atomic E-state index is 11.6. The fourth-order valence-electron chi connectivity index (χ4n) is 1.84. The molecular formula is C14H15N3O3S. The van der Waals surface area contributed by atoms with Gasteiger partial charge in [0.15, 0.2) is 5.13 Å². The molecule has 0 aliphatic carbocycles. The summed E-state index contributed by atoms with van der Waals surface area (Å²) in [5.74, 6) is -0.722. The van der Waals surface area contributed by atoms with Crippen LogP contribution in [0.4, 0.5) is 10.8 Å². The largest absolute Gasteiger partial charge is 0.326 e. The van der Waals surface area contributed by atoms with Crippen LogP contribution in [0.3, 0.4) is 0 Å². The molecule has 0 aliphatic heterocycles. The summed E-state index contributed by atoms with van der Waals surface area (Å²) in [5.41, 5.74) is 2.30. The number of nitrogens with one attached hydrogen (secondary N) is 2. The van der Waals surface area contributed by atoms with Crippen LogP contribution in [-0.4, -0.2) is 22.6 Å². The second-order valence-electron chi connectivity index (χ2n) is 4.76. The molecule has 0 fully saturated rings. The van der Waals surface area contributed by atoms with Gasteiger partial charge in [-0.2, -0.15) is 0 Å². The number of Topliss-reactive ketones (excluding diaryl/α,β-unsaturated/α-hetero) is 1. The molecule has 6 nitrogen and oxygen atoms in total. The summed E-state index contributed by atoms with van der Waals surface area (Å²) in [4.78, 5) is 37.9. The third-order valence-electron chi connectivity index (χ3n) is 2.70. The Morgan fingerprint density at radius 1 is 1.19 bits per heavy atom. The normalized spacial score (nSPS) is 10.4. The van der Waals surface area contributed by atoms with Crippen molar-refractivity contribution in [2.24, 2.45) is 0 Å². The highest BCUT2D eigenvalue weighted by molar-refractivity contribution is 7.22. The van der Waals surface area contributed by atoms with Gasteiger partial charge in [0.2, 0.25) is 11.8 Å². The van der Waals surface area contributed by atoms with Gasteiger partial charge in [0.1, 0.15) is 5.78 Å².